The first-order valence-electron chi connectivity index (χ1n) is 8.33. The highest BCUT2D eigenvalue weighted by Crippen LogP contribution is 2.26. The topological polar surface area (TPSA) is 67.3 Å². The van der Waals surface area contributed by atoms with Crippen molar-refractivity contribution in [3.8, 4) is 0 Å². The zero-order chi connectivity index (χ0) is 15.8. The van der Waals surface area contributed by atoms with Crippen LogP contribution in [-0.4, -0.2) is 46.2 Å². The van der Waals surface area contributed by atoms with E-state index in [0.717, 1.165) is 36.7 Å². The van der Waals surface area contributed by atoms with Crippen LogP contribution in [0.2, 0.25) is 0 Å². The highest BCUT2D eigenvalue weighted by molar-refractivity contribution is 5.81. The van der Waals surface area contributed by atoms with Crippen LogP contribution in [0.4, 0.5) is 0 Å². The van der Waals surface area contributed by atoms with Gasteiger partial charge in [0.15, 0.2) is 0 Å². The lowest BCUT2D eigenvalue weighted by molar-refractivity contribution is -0.142. The lowest BCUT2D eigenvalue weighted by atomic mass is 10.0. The maximum absolute atomic E-state index is 12.4. The van der Waals surface area contributed by atoms with E-state index >= 15 is 0 Å². The van der Waals surface area contributed by atoms with Gasteiger partial charge in [-0.05, 0) is 37.8 Å². The summed E-state index contributed by atoms with van der Waals surface area (Å²) in [6.45, 7) is 2.07. The monoisotopic (exact) mass is 315 g/mol. The molecule has 2 fully saturated rings. The molecule has 122 valence electrons. The molecule has 3 heterocycles. The number of aromatic nitrogens is 2. The predicted octanol–water partition coefficient (Wildman–Crippen LogP) is 1.67. The molecule has 0 radical (unpaired) electrons. The van der Waals surface area contributed by atoms with Gasteiger partial charge >= 0.3 is 5.69 Å². The number of hydrogen-bond acceptors (Lipinski definition) is 3. The number of amides is 1. The fourth-order valence-electron chi connectivity index (χ4n) is 3.76. The number of nitrogens with zero attached hydrogens (tertiary/aromatic N) is 2. The molecule has 1 N–H and O–H groups in total. The van der Waals surface area contributed by atoms with Crippen molar-refractivity contribution in [1.82, 2.24) is 14.5 Å². The minimum atomic E-state index is -0.248. The summed E-state index contributed by atoms with van der Waals surface area (Å²) < 4.78 is 7.34. The number of fused-ring (bicyclic) bond motifs is 1. The van der Waals surface area contributed by atoms with Gasteiger partial charge in [-0.15, -0.1) is 0 Å². The fourth-order valence-corrected chi connectivity index (χ4v) is 3.76. The summed E-state index contributed by atoms with van der Waals surface area (Å²) in [5.74, 6) is 0.118. The highest BCUT2D eigenvalue weighted by atomic mass is 16.5. The van der Waals surface area contributed by atoms with Gasteiger partial charge in [0, 0.05) is 25.7 Å². The first-order valence-corrected chi connectivity index (χ1v) is 8.33. The molecule has 0 bridgehead atoms. The number of nitrogens with one attached hydrogen (secondary N) is 1. The standard InChI is InChI=1S/C17H21N3O3/c21-16(15-6-3-11-23-15)19-9-7-12(8-10-19)20-14-5-2-1-4-13(14)18-17(20)22/h1-2,4-5,12,15H,3,6-11H2,(H,18,22)/t15-/m1/s1. The van der Waals surface area contributed by atoms with Gasteiger partial charge in [-0.25, -0.2) is 4.79 Å². The van der Waals surface area contributed by atoms with Crippen molar-refractivity contribution in [2.24, 2.45) is 0 Å². The maximum atomic E-state index is 12.4. The van der Waals surface area contributed by atoms with Crippen LogP contribution in [-0.2, 0) is 9.53 Å². The molecule has 2 aliphatic rings. The smallest absolute Gasteiger partial charge is 0.326 e. The third kappa shape index (κ3) is 2.57. The van der Waals surface area contributed by atoms with Gasteiger partial charge in [0.05, 0.1) is 11.0 Å². The molecule has 6 nitrogen and oxygen atoms in total. The van der Waals surface area contributed by atoms with Crippen LogP contribution in [0.15, 0.2) is 29.1 Å². The quantitative estimate of drug-likeness (QED) is 0.917. The molecule has 1 amide bonds. The Bertz CT molecular complexity index is 765. The Kier molecular flexibility index (Phi) is 3.69. The van der Waals surface area contributed by atoms with E-state index in [1.807, 2.05) is 33.7 Å². The molecule has 0 saturated carbocycles. The number of aromatic amines is 1. The van der Waals surface area contributed by atoms with Gasteiger partial charge in [0.1, 0.15) is 6.10 Å². The van der Waals surface area contributed by atoms with Crippen molar-refractivity contribution in [1.29, 1.82) is 0 Å². The van der Waals surface area contributed by atoms with Crippen molar-refractivity contribution in [2.75, 3.05) is 19.7 Å². The fraction of sp³-hybridized carbons (Fsp3) is 0.529. The Morgan fingerprint density at radius 1 is 1.17 bits per heavy atom. The number of benzene rings is 1. The number of hydrogen-bond donors (Lipinski definition) is 1. The Morgan fingerprint density at radius 3 is 2.70 bits per heavy atom. The summed E-state index contributed by atoms with van der Waals surface area (Å²) in [4.78, 5) is 29.5. The van der Waals surface area contributed by atoms with Gasteiger partial charge in [-0.3, -0.25) is 9.36 Å². The van der Waals surface area contributed by atoms with E-state index in [2.05, 4.69) is 4.98 Å². The van der Waals surface area contributed by atoms with Crippen molar-refractivity contribution < 1.29 is 9.53 Å². The molecule has 0 unspecified atom stereocenters. The van der Waals surface area contributed by atoms with E-state index in [1.165, 1.54) is 0 Å². The summed E-state index contributed by atoms with van der Waals surface area (Å²) in [6, 6.07) is 7.90. The van der Waals surface area contributed by atoms with Crippen LogP contribution in [0, 0.1) is 0 Å². The zero-order valence-corrected chi connectivity index (χ0v) is 13.0. The minimum Gasteiger partial charge on any atom is -0.368 e. The van der Waals surface area contributed by atoms with Crippen LogP contribution < -0.4 is 5.69 Å². The molecule has 0 aliphatic carbocycles. The number of carbonyl (C=O) groups is 1. The number of ether oxygens (including phenoxy) is 1. The van der Waals surface area contributed by atoms with Crippen molar-refractivity contribution in [3.63, 3.8) is 0 Å². The molecular weight excluding hydrogens is 294 g/mol. The Morgan fingerprint density at radius 2 is 1.96 bits per heavy atom. The second-order valence-electron chi connectivity index (χ2n) is 6.38. The van der Waals surface area contributed by atoms with Gasteiger partial charge in [0.2, 0.25) is 0 Å². The molecule has 2 aliphatic heterocycles. The molecule has 1 atom stereocenters. The molecular formula is C17H21N3O3. The number of likely N-dealkylation sites (tertiary alicyclic amines) is 1. The first kappa shape index (κ1) is 14.5. The molecule has 2 saturated heterocycles. The Labute approximate surface area is 134 Å². The number of H-pyrrole nitrogens is 1. The van der Waals surface area contributed by atoms with Gasteiger partial charge in [-0.2, -0.15) is 0 Å². The summed E-state index contributed by atoms with van der Waals surface area (Å²) in [5.41, 5.74) is 1.76. The van der Waals surface area contributed by atoms with Crippen molar-refractivity contribution in [3.05, 3.63) is 34.7 Å². The molecule has 1 aromatic heterocycles. The molecule has 4 rings (SSSR count). The number of carbonyl (C=O) groups excluding carboxylic acids is 1. The van der Waals surface area contributed by atoms with E-state index in [9.17, 15) is 9.59 Å². The third-order valence-electron chi connectivity index (χ3n) is 4.97. The third-order valence-corrected chi connectivity index (χ3v) is 4.97. The van der Waals surface area contributed by atoms with Crippen LogP contribution in [0.25, 0.3) is 11.0 Å². The van der Waals surface area contributed by atoms with E-state index in [1.54, 1.807) is 0 Å². The van der Waals surface area contributed by atoms with E-state index in [0.29, 0.717) is 19.7 Å². The summed E-state index contributed by atoms with van der Waals surface area (Å²) in [6.07, 6.45) is 3.17. The average Bonchev–Trinajstić information content (AvgIpc) is 3.21. The molecule has 2 aromatic rings. The van der Waals surface area contributed by atoms with Gasteiger partial charge < -0.3 is 14.6 Å². The van der Waals surface area contributed by atoms with Gasteiger partial charge in [0.25, 0.3) is 5.91 Å². The number of para-hydroxylation sites is 2. The Hall–Kier alpha value is -2.08. The minimum absolute atomic E-state index is 0.0601. The Balaban J connectivity index is 1.49. The molecule has 6 heteroatoms. The summed E-state index contributed by atoms with van der Waals surface area (Å²) in [5, 5.41) is 0. The van der Waals surface area contributed by atoms with E-state index < -0.39 is 0 Å². The normalized spacial score (nSPS) is 22.8. The van der Waals surface area contributed by atoms with Crippen molar-refractivity contribution in [2.45, 2.75) is 37.8 Å². The van der Waals surface area contributed by atoms with Crippen LogP contribution in [0.5, 0.6) is 0 Å². The zero-order valence-electron chi connectivity index (χ0n) is 13.0. The molecule has 1 aromatic carbocycles. The SMILES string of the molecule is O=C([C@H]1CCCO1)N1CCC(n2c(=O)[nH]c3ccccc32)CC1. The van der Waals surface area contributed by atoms with Crippen LogP contribution >= 0.6 is 0 Å². The van der Waals surface area contributed by atoms with Crippen LogP contribution in [0.3, 0.4) is 0 Å². The molecule has 23 heavy (non-hydrogen) atoms. The van der Waals surface area contributed by atoms with Gasteiger partial charge in [-0.1, -0.05) is 12.1 Å². The van der Waals surface area contributed by atoms with Crippen LogP contribution in [0.1, 0.15) is 31.7 Å². The highest BCUT2D eigenvalue weighted by Gasteiger charge is 2.31. The lowest BCUT2D eigenvalue weighted by Gasteiger charge is -2.33. The van der Waals surface area contributed by atoms with E-state index in [-0.39, 0.29) is 23.7 Å². The number of imidazole rings is 1. The largest absolute Gasteiger partial charge is 0.368 e. The second-order valence-corrected chi connectivity index (χ2v) is 6.38. The lowest BCUT2D eigenvalue weighted by Crippen LogP contribution is -2.44. The predicted molar refractivity (Wildman–Crippen MR) is 86.4 cm³/mol. The second kappa shape index (κ2) is 5.85. The van der Waals surface area contributed by atoms with Crippen molar-refractivity contribution >= 4 is 16.9 Å². The van der Waals surface area contributed by atoms with E-state index in [4.69, 9.17) is 4.74 Å². The average molecular weight is 315 g/mol. The maximum Gasteiger partial charge on any atom is 0.326 e. The summed E-state index contributed by atoms with van der Waals surface area (Å²) >= 11 is 0. The molecule has 0 spiro atoms. The first-order chi connectivity index (χ1) is 11.2. The number of rotatable bonds is 2. The summed E-state index contributed by atoms with van der Waals surface area (Å²) in [7, 11) is 0. The number of piperidine rings is 1.